The first-order chi connectivity index (χ1) is 7.70. The van der Waals surface area contributed by atoms with Gasteiger partial charge in [0.25, 0.3) is 0 Å². The summed E-state index contributed by atoms with van der Waals surface area (Å²) in [4.78, 5) is 19.4. The van der Waals surface area contributed by atoms with Crippen LogP contribution in [0.15, 0.2) is 10.9 Å². The largest absolute Gasteiger partial charge is 0.394 e. The van der Waals surface area contributed by atoms with Gasteiger partial charge in [-0.2, -0.15) is 4.98 Å². The summed E-state index contributed by atoms with van der Waals surface area (Å²) in [5.41, 5.74) is -0.454. The van der Waals surface area contributed by atoms with Gasteiger partial charge in [-0.15, -0.1) is 0 Å². The molecule has 5 nitrogen and oxygen atoms in total. The summed E-state index contributed by atoms with van der Waals surface area (Å²) >= 11 is 5.78. The van der Waals surface area contributed by atoms with Crippen LogP contribution < -0.4 is 10.6 Å². The molecule has 0 spiro atoms. The van der Waals surface area contributed by atoms with E-state index in [1.54, 1.807) is 6.07 Å². The number of hydrogen-bond acceptors (Lipinski definition) is 4. The SMILES string of the molecule is O=c1nc(N2CCCCC2CO)cc(Cl)[nH]1. The molecule has 1 unspecified atom stereocenters. The molecule has 1 aromatic rings. The van der Waals surface area contributed by atoms with E-state index in [2.05, 4.69) is 9.97 Å². The van der Waals surface area contributed by atoms with Crippen LogP contribution in [-0.2, 0) is 0 Å². The minimum atomic E-state index is -0.454. The Morgan fingerprint density at radius 2 is 2.44 bits per heavy atom. The summed E-state index contributed by atoms with van der Waals surface area (Å²) in [5.74, 6) is 0.549. The van der Waals surface area contributed by atoms with Crippen molar-refractivity contribution >= 4 is 17.4 Å². The van der Waals surface area contributed by atoms with Crippen molar-refractivity contribution in [3.63, 3.8) is 0 Å². The van der Waals surface area contributed by atoms with Gasteiger partial charge in [-0.1, -0.05) is 11.6 Å². The second-order valence-corrected chi connectivity index (χ2v) is 4.33. The third-order valence-corrected chi connectivity index (χ3v) is 3.03. The molecule has 1 saturated heterocycles. The van der Waals surface area contributed by atoms with Crippen molar-refractivity contribution in [3.8, 4) is 0 Å². The van der Waals surface area contributed by atoms with Gasteiger partial charge in [0.15, 0.2) is 0 Å². The van der Waals surface area contributed by atoms with Crippen molar-refractivity contribution in [2.45, 2.75) is 25.3 Å². The van der Waals surface area contributed by atoms with Gasteiger partial charge in [0.05, 0.1) is 12.6 Å². The summed E-state index contributed by atoms with van der Waals surface area (Å²) in [6.07, 6.45) is 3.06. The van der Waals surface area contributed by atoms with Crippen molar-refractivity contribution in [1.82, 2.24) is 9.97 Å². The summed E-state index contributed by atoms with van der Waals surface area (Å²) in [5, 5.41) is 9.55. The average molecular weight is 244 g/mol. The zero-order valence-electron chi connectivity index (χ0n) is 8.82. The number of halogens is 1. The van der Waals surface area contributed by atoms with Crippen LogP contribution in [-0.4, -0.2) is 34.3 Å². The van der Waals surface area contributed by atoms with E-state index in [0.717, 1.165) is 25.8 Å². The van der Waals surface area contributed by atoms with Crippen LogP contribution in [0.5, 0.6) is 0 Å². The first kappa shape index (κ1) is 11.4. The second-order valence-electron chi connectivity index (χ2n) is 3.92. The Hall–Kier alpha value is -1.07. The fraction of sp³-hybridized carbons (Fsp3) is 0.600. The Labute approximate surface area is 98.1 Å². The van der Waals surface area contributed by atoms with Crippen LogP contribution in [0, 0.1) is 0 Å². The molecule has 1 fully saturated rings. The molecule has 16 heavy (non-hydrogen) atoms. The third-order valence-electron chi connectivity index (χ3n) is 2.83. The molecule has 2 heterocycles. The Kier molecular flexibility index (Phi) is 3.46. The van der Waals surface area contributed by atoms with Crippen LogP contribution in [0.1, 0.15) is 19.3 Å². The van der Waals surface area contributed by atoms with Crippen molar-refractivity contribution in [1.29, 1.82) is 0 Å². The fourth-order valence-corrected chi connectivity index (χ4v) is 2.23. The number of nitrogens with zero attached hydrogens (tertiary/aromatic N) is 2. The van der Waals surface area contributed by atoms with E-state index in [4.69, 9.17) is 11.6 Å². The van der Waals surface area contributed by atoms with Crippen molar-refractivity contribution in [2.75, 3.05) is 18.1 Å². The van der Waals surface area contributed by atoms with Gasteiger partial charge in [0, 0.05) is 12.6 Å². The van der Waals surface area contributed by atoms with Crippen LogP contribution >= 0.6 is 11.6 Å². The lowest BCUT2D eigenvalue weighted by molar-refractivity contribution is 0.239. The molecule has 0 radical (unpaired) electrons. The zero-order chi connectivity index (χ0) is 11.5. The standard InChI is InChI=1S/C10H14ClN3O2/c11-8-5-9(13-10(16)12-8)14-4-2-1-3-7(14)6-15/h5,7,15H,1-4,6H2,(H,12,13,16). The van der Waals surface area contributed by atoms with Crippen molar-refractivity contribution < 1.29 is 5.11 Å². The highest BCUT2D eigenvalue weighted by Crippen LogP contribution is 2.23. The number of piperidine rings is 1. The van der Waals surface area contributed by atoms with E-state index in [1.807, 2.05) is 4.90 Å². The topological polar surface area (TPSA) is 69.2 Å². The molecule has 6 heteroatoms. The smallest absolute Gasteiger partial charge is 0.348 e. The number of aliphatic hydroxyl groups excluding tert-OH is 1. The zero-order valence-corrected chi connectivity index (χ0v) is 9.57. The van der Waals surface area contributed by atoms with Gasteiger partial charge in [0.2, 0.25) is 0 Å². The number of rotatable bonds is 2. The van der Waals surface area contributed by atoms with Crippen molar-refractivity contribution in [3.05, 3.63) is 21.7 Å². The lowest BCUT2D eigenvalue weighted by Gasteiger charge is -2.35. The predicted molar refractivity (Wildman–Crippen MR) is 61.9 cm³/mol. The van der Waals surface area contributed by atoms with E-state index >= 15 is 0 Å². The normalized spacial score (nSPS) is 21.1. The molecule has 2 rings (SSSR count). The van der Waals surface area contributed by atoms with Crippen LogP contribution in [0.25, 0.3) is 0 Å². The van der Waals surface area contributed by atoms with Gasteiger partial charge in [-0.05, 0) is 19.3 Å². The van der Waals surface area contributed by atoms with E-state index in [-0.39, 0.29) is 17.8 Å². The average Bonchev–Trinajstić information content (AvgIpc) is 2.27. The maximum absolute atomic E-state index is 11.2. The number of anilines is 1. The first-order valence-corrected chi connectivity index (χ1v) is 5.73. The van der Waals surface area contributed by atoms with E-state index in [0.29, 0.717) is 5.82 Å². The lowest BCUT2D eigenvalue weighted by atomic mass is 10.0. The molecule has 0 amide bonds. The summed E-state index contributed by atoms with van der Waals surface area (Å²) in [6.45, 7) is 0.879. The highest BCUT2D eigenvalue weighted by atomic mass is 35.5. The number of aromatic amines is 1. The molecule has 1 aliphatic heterocycles. The van der Waals surface area contributed by atoms with Crippen LogP contribution in [0.2, 0.25) is 5.15 Å². The molecular formula is C10H14ClN3O2. The van der Waals surface area contributed by atoms with Gasteiger partial charge in [-0.25, -0.2) is 4.79 Å². The van der Waals surface area contributed by atoms with E-state index in [1.165, 1.54) is 0 Å². The van der Waals surface area contributed by atoms with E-state index in [9.17, 15) is 9.90 Å². The predicted octanol–water partition coefficient (Wildman–Crippen LogP) is 0.774. The first-order valence-electron chi connectivity index (χ1n) is 5.35. The Morgan fingerprint density at radius 3 is 3.12 bits per heavy atom. The Morgan fingerprint density at radius 1 is 1.62 bits per heavy atom. The molecule has 0 aliphatic carbocycles. The quantitative estimate of drug-likeness (QED) is 0.753. The van der Waals surface area contributed by atoms with Crippen LogP contribution in [0.3, 0.4) is 0 Å². The molecule has 0 bridgehead atoms. The third kappa shape index (κ3) is 2.36. The summed E-state index contributed by atoms with van der Waals surface area (Å²) in [7, 11) is 0. The number of H-pyrrole nitrogens is 1. The minimum absolute atomic E-state index is 0.0408. The number of aliphatic hydroxyl groups is 1. The van der Waals surface area contributed by atoms with Gasteiger partial charge in [-0.3, -0.25) is 4.98 Å². The van der Waals surface area contributed by atoms with Gasteiger partial charge in [0.1, 0.15) is 11.0 Å². The van der Waals surface area contributed by atoms with Gasteiger partial charge < -0.3 is 10.0 Å². The summed E-state index contributed by atoms with van der Waals surface area (Å²) in [6, 6.07) is 1.66. The van der Waals surface area contributed by atoms with Gasteiger partial charge >= 0.3 is 5.69 Å². The minimum Gasteiger partial charge on any atom is -0.394 e. The summed E-state index contributed by atoms with van der Waals surface area (Å²) < 4.78 is 0. The molecule has 1 aliphatic rings. The molecule has 1 atom stereocenters. The highest BCUT2D eigenvalue weighted by molar-refractivity contribution is 6.29. The van der Waals surface area contributed by atoms with Crippen LogP contribution in [0.4, 0.5) is 5.82 Å². The Bertz CT molecular complexity index is 421. The molecule has 2 N–H and O–H groups in total. The number of hydrogen-bond donors (Lipinski definition) is 2. The molecular weight excluding hydrogens is 230 g/mol. The van der Waals surface area contributed by atoms with E-state index < -0.39 is 5.69 Å². The molecule has 0 aromatic carbocycles. The number of aromatic nitrogens is 2. The monoisotopic (exact) mass is 243 g/mol. The van der Waals surface area contributed by atoms with Crippen molar-refractivity contribution in [2.24, 2.45) is 0 Å². The molecule has 1 aromatic heterocycles. The second kappa shape index (κ2) is 4.84. The highest BCUT2D eigenvalue weighted by Gasteiger charge is 2.23. The Balaban J connectivity index is 2.30. The number of nitrogens with one attached hydrogen (secondary N) is 1. The fourth-order valence-electron chi connectivity index (χ4n) is 2.05. The maximum atomic E-state index is 11.2. The maximum Gasteiger partial charge on any atom is 0.348 e. The molecule has 88 valence electrons. The lowest BCUT2D eigenvalue weighted by Crippen LogP contribution is -2.43. The molecule has 0 saturated carbocycles.